The van der Waals surface area contributed by atoms with Gasteiger partial charge in [0.05, 0.1) is 16.6 Å². The molecule has 1 aromatic heterocycles. The average molecular weight is 382 g/mol. The number of aryl methyl sites for hydroxylation is 3. The molecule has 0 radical (unpaired) electrons. The number of amides is 1. The lowest BCUT2D eigenvalue weighted by Crippen LogP contribution is -2.24. The third-order valence-corrected chi connectivity index (χ3v) is 5.24. The van der Waals surface area contributed by atoms with Crippen LogP contribution in [0.15, 0.2) is 40.9 Å². The van der Waals surface area contributed by atoms with Crippen molar-refractivity contribution in [3.63, 3.8) is 0 Å². The van der Waals surface area contributed by atoms with Gasteiger partial charge in [0.1, 0.15) is 0 Å². The molecule has 5 nitrogen and oxygen atoms in total. The van der Waals surface area contributed by atoms with Crippen LogP contribution < -0.4 is 4.90 Å². The number of carbonyl (C=O) groups excluding carboxylic acids is 1. The summed E-state index contributed by atoms with van der Waals surface area (Å²) in [7, 11) is 0. The second-order valence-electron chi connectivity index (χ2n) is 7.13. The molecule has 3 aromatic rings. The molecule has 2 heterocycles. The predicted molar refractivity (Wildman–Crippen MR) is 105 cm³/mol. The first-order valence-corrected chi connectivity index (χ1v) is 9.28. The number of hydrogen-bond donors (Lipinski definition) is 0. The van der Waals surface area contributed by atoms with E-state index in [0.717, 1.165) is 22.4 Å². The van der Waals surface area contributed by atoms with Crippen LogP contribution in [-0.2, 0) is 4.79 Å². The molecule has 138 valence electrons. The summed E-state index contributed by atoms with van der Waals surface area (Å²) in [5, 5.41) is 4.71. The van der Waals surface area contributed by atoms with Crippen LogP contribution >= 0.6 is 11.6 Å². The van der Waals surface area contributed by atoms with Crippen LogP contribution in [-0.4, -0.2) is 22.6 Å². The Morgan fingerprint density at radius 1 is 1.11 bits per heavy atom. The lowest BCUT2D eigenvalue weighted by molar-refractivity contribution is -0.117. The van der Waals surface area contributed by atoms with Gasteiger partial charge in [0.25, 0.3) is 0 Å². The van der Waals surface area contributed by atoms with Crippen LogP contribution in [0.3, 0.4) is 0 Å². The van der Waals surface area contributed by atoms with Crippen molar-refractivity contribution in [2.24, 2.45) is 0 Å². The maximum Gasteiger partial charge on any atom is 0.232 e. The maximum absolute atomic E-state index is 12.5. The minimum atomic E-state index is -0.137. The standard InChI is InChI=1S/C21H20ClN3O2/c1-12-4-6-16(14(3)8-12)20-23-21(27-24-20)15-10-19(26)25(11-15)18-7-5-13(2)9-17(18)22/h4-9,15H,10-11H2,1-3H3. The van der Waals surface area contributed by atoms with Crippen LogP contribution in [0.2, 0.25) is 5.02 Å². The highest BCUT2D eigenvalue weighted by molar-refractivity contribution is 6.34. The van der Waals surface area contributed by atoms with E-state index in [1.807, 2.05) is 51.1 Å². The molecule has 2 aromatic carbocycles. The molecule has 6 heteroatoms. The van der Waals surface area contributed by atoms with Crippen LogP contribution in [0.4, 0.5) is 5.69 Å². The van der Waals surface area contributed by atoms with Crippen LogP contribution in [0.25, 0.3) is 11.4 Å². The maximum atomic E-state index is 12.5. The van der Waals surface area contributed by atoms with Gasteiger partial charge in [-0.05, 0) is 44.0 Å². The summed E-state index contributed by atoms with van der Waals surface area (Å²) < 4.78 is 5.50. The van der Waals surface area contributed by atoms with Crippen LogP contribution in [0, 0.1) is 20.8 Å². The zero-order chi connectivity index (χ0) is 19.1. The number of anilines is 1. The molecule has 1 unspecified atom stereocenters. The zero-order valence-corrected chi connectivity index (χ0v) is 16.2. The molecule has 1 saturated heterocycles. The molecule has 4 rings (SSSR count). The third-order valence-electron chi connectivity index (χ3n) is 4.93. The van der Waals surface area contributed by atoms with Crippen molar-refractivity contribution in [3.8, 4) is 11.4 Å². The van der Waals surface area contributed by atoms with Crippen molar-refractivity contribution in [3.05, 3.63) is 64.0 Å². The smallest absolute Gasteiger partial charge is 0.232 e. The van der Waals surface area contributed by atoms with Crippen LogP contribution in [0.5, 0.6) is 0 Å². The Bertz CT molecular complexity index is 1030. The first-order valence-electron chi connectivity index (χ1n) is 8.90. The fourth-order valence-electron chi connectivity index (χ4n) is 3.51. The van der Waals surface area contributed by atoms with Crippen molar-refractivity contribution in [1.29, 1.82) is 0 Å². The summed E-state index contributed by atoms with van der Waals surface area (Å²) in [5.41, 5.74) is 5.01. The molecule has 0 spiro atoms. The summed E-state index contributed by atoms with van der Waals surface area (Å²) in [4.78, 5) is 18.8. The van der Waals surface area contributed by atoms with E-state index in [1.54, 1.807) is 4.90 Å². The SMILES string of the molecule is Cc1ccc(-c2noc(C3CC(=O)N(c4ccc(C)cc4Cl)C3)n2)c(C)c1. The highest BCUT2D eigenvalue weighted by atomic mass is 35.5. The summed E-state index contributed by atoms with van der Waals surface area (Å²) in [5.74, 6) is 0.921. The molecule has 1 aliphatic heterocycles. The lowest BCUT2D eigenvalue weighted by atomic mass is 10.1. The summed E-state index contributed by atoms with van der Waals surface area (Å²) >= 11 is 6.34. The molecule has 1 aliphatic rings. The Labute approximate surface area is 163 Å². The van der Waals surface area contributed by atoms with Crippen molar-refractivity contribution >= 4 is 23.2 Å². The van der Waals surface area contributed by atoms with Crippen LogP contribution in [0.1, 0.15) is 34.9 Å². The number of rotatable bonds is 3. The molecule has 1 fully saturated rings. The van der Waals surface area contributed by atoms with Crippen molar-refractivity contribution in [1.82, 2.24) is 10.1 Å². The molecule has 1 atom stereocenters. The van der Waals surface area contributed by atoms with Gasteiger partial charge in [-0.3, -0.25) is 4.79 Å². The van der Waals surface area contributed by atoms with E-state index in [0.29, 0.717) is 29.7 Å². The number of carbonyl (C=O) groups is 1. The minimum absolute atomic E-state index is 0.0111. The van der Waals surface area contributed by atoms with Gasteiger partial charge in [0, 0.05) is 18.5 Å². The van der Waals surface area contributed by atoms with Gasteiger partial charge in [-0.25, -0.2) is 0 Å². The number of nitrogens with zero attached hydrogens (tertiary/aromatic N) is 3. The van der Waals surface area contributed by atoms with Gasteiger partial charge in [-0.1, -0.05) is 46.6 Å². The minimum Gasteiger partial charge on any atom is -0.339 e. The molecular formula is C21H20ClN3O2. The van der Waals surface area contributed by atoms with E-state index in [4.69, 9.17) is 16.1 Å². The molecule has 27 heavy (non-hydrogen) atoms. The fourth-order valence-corrected chi connectivity index (χ4v) is 3.85. The largest absolute Gasteiger partial charge is 0.339 e. The lowest BCUT2D eigenvalue weighted by Gasteiger charge is -2.18. The van der Waals surface area contributed by atoms with Gasteiger partial charge >= 0.3 is 0 Å². The zero-order valence-electron chi connectivity index (χ0n) is 15.5. The second-order valence-corrected chi connectivity index (χ2v) is 7.54. The summed E-state index contributed by atoms with van der Waals surface area (Å²) in [6.45, 7) is 6.53. The average Bonchev–Trinajstić information content (AvgIpc) is 3.22. The second kappa shape index (κ2) is 6.82. The van der Waals surface area contributed by atoms with E-state index >= 15 is 0 Å². The van der Waals surface area contributed by atoms with E-state index in [1.165, 1.54) is 5.56 Å². The Morgan fingerprint density at radius 2 is 1.85 bits per heavy atom. The number of benzene rings is 2. The normalized spacial score (nSPS) is 17.0. The Morgan fingerprint density at radius 3 is 2.59 bits per heavy atom. The summed E-state index contributed by atoms with van der Waals surface area (Å²) in [6.07, 6.45) is 0.332. The Hall–Kier alpha value is -2.66. The summed E-state index contributed by atoms with van der Waals surface area (Å²) in [6, 6.07) is 11.8. The Balaban J connectivity index is 1.59. The van der Waals surface area contributed by atoms with E-state index in [-0.39, 0.29) is 11.8 Å². The molecule has 0 aliphatic carbocycles. The van der Waals surface area contributed by atoms with E-state index in [9.17, 15) is 4.79 Å². The van der Waals surface area contributed by atoms with Gasteiger partial charge in [0.15, 0.2) is 0 Å². The third kappa shape index (κ3) is 3.35. The van der Waals surface area contributed by atoms with Gasteiger partial charge in [-0.2, -0.15) is 4.98 Å². The van der Waals surface area contributed by atoms with Gasteiger partial charge in [0.2, 0.25) is 17.6 Å². The first-order chi connectivity index (χ1) is 12.9. The monoisotopic (exact) mass is 381 g/mol. The predicted octanol–water partition coefficient (Wildman–Crippen LogP) is 4.84. The molecule has 1 amide bonds. The van der Waals surface area contributed by atoms with Gasteiger partial charge in [-0.15, -0.1) is 0 Å². The highest BCUT2D eigenvalue weighted by Gasteiger charge is 2.36. The number of aromatic nitrogens is 2. The fraction of sp³-hybridized carbons (Fsp3) is 0.286. The van der Waals surface area contributed by atoms with E-state index < -0.39 is 0 Å². The Kier molecular flexibility index (Phi) is 4.48. The molecular weight excluding hydrogens is 362 g/mol. The molecule has 0 saturated carbocycles. The number of halogens is 1. The highest BCUT2D eigenvalue weighted by Crippen LogP contribution is 2.35. The van der Waals surface area contributed by atoms with E-state index in [2.05, 4.69) is 16.2 Å². The first kappa shape index (κ1) is 17.7. The topological polar surface area (TPSA) is 59.2 Å². The molecule has 0 bridgehead atoms. The van der Waals surface area contributed by atoms with Crippen molar-refractivity contribution < 1.29 is 9.32 Å². The quantitative estimate of drug-likeness (QED) is 0.651. The number of hydrogen-bond acceptors (Lipinski definition) is 4. The van der Waals surface area contributed by atoms with Crippen molar-refractivity contribution in [2.75, 3.05) is 11.4 Å². The van der Waals surface area contributed by atoms with Crippen molar-refractivity contribution in [2.45, 2.75) is 33.1 Å². The molecule has 0 N–H and O–H groups in total. The van der Waals surface area contributed by atoms with Gasteiger partial charge < -0.3 is 9.42 Å².